The molecule has 4 heterocycles. The number of para-hydroxylation sites is 4. The standard InChI is InChI=1S/C38H20N2/c1-3-13-32-24(8-1)27-10-6-12-29-36-25-16-15-21-19-35-31(20-30(21)22(25)17-18-34(36)39(32)38(27)29)28-11-5-9-26-23-7-2-4-14-33(23)40(35)37(26)28/h1-20H. The molecule has 0 fully saturated rings. The van der Waals surface area contributed by atoms with E-state index < -0.39 is 0 Å². The normalized spacial score (nSPS) is 13.0. The summed E-state index contributed by atoms with van der Waals surface area (Å²) >= 11 is 0. The molecular weight excluding hydrogens is 484 g/mol. The summed E-state index contributed by atoms with van der Waals surface area (Å²) < 4.78 is 4.95. The third kappa shape index (κ3) is 2.04. The minimum absolute atomic E-state index is 1.28. The van der Waals surface area contributed by atoms with Gasteiger partial charge in [0.25, 0.3) is 0 Å². The number of hydrogen-bond acceptors (Lipinski definition) is 0. The lowest BCUT2D eigenvalue weighted by Gasteiger charge is -2.08. The van der Waals surface area contributed by atoms with Crippen molar-refractivity contribution >= 4 is 97.7 Å². The lowest BCUT2D eigenvalue weighted by atomic mass is 9.96. The molecule has 0 unspecified atom stereocenters. The van der Waals surface area contributed by atoms with Gasteiger partial charge in [-0.1, -0.05) is 91.0 Å². The second kappa shape index (κ2) is 6.44. The average molecular weight is 505 g/mol. The Balaban J connectivity index is 1.34. The van der Waals surface area contributed by atoms with Crippen molar-refractivity contribution in [1.82, 2.24) is 8.80 Å². The molecule has 182 valence electrons. The molecule has 40 heavy (non-hydrogen) atoms. The molecular formula is C38H20N2. The molecule has 0 amide bonds. The maximum absolute atomic E-state index is 2.47. The molecule has 0 saturated heterocycles. The van der Waals surface area contributed by atoms with Crippen LogP contribution in [0.15, 0.2) is 121 Å². The molecule has 11 aromatic rings. The van der Waals surface area contributed by atoms with E-state index in [4.69, 9.17) is 0 Å². The van der Waals surface area contributed by atoms with Gasteiger partial charge < -0.3 is 8.80 Å². The van der Waals surface area contributed by atoms with E-state index in [1.165, 1.54) is 97.7 Å². The summed E-state index contributed by atoms with van der Waals surface area (Å²) in [6, 6.07) is 45.4. The molecule has 0 aliphatic rings. The zero-order valence-electron chi connectivity index (χ0n) is 21.4. The van der Waals surface area contributed by atoms with Crippen LogP contribution in [-0.2, 0) is 0 Å². The lowest BCUT2D eigenvalue weighted by Crippen LogP contribution is -1.84. The van der Waals surface area contributed by atoms with Gasteiger partial charge in [0.1, 0.15) is 0 Å². The van der Waals surface area contributed by atoms with Gasteiger partial charge in [-0.15, -0.1) is 0 Å². The van der Waals surface area contributed by atoms with Crippen LogP contribution in [0.3, 0.4) is 0 Å². The Morgan fingerprint density at radius 2 is 0.875 bits per heavy atom. The SMILES string of the molecule is c1ccc2c(c1)c1cccc3c4cc5c(ccc6c5ccc5c6c6cccc7c8ccccc8n5c76)cc4n2c13. The minimum Gasteiger partial charge on any atom is -0.308 e. The smallest absolute Gasteiger partial charge is 0.0620 e. The molecule has 11 rings (SSSR count). The number of nitrogens with zero attached hydrogens (tertiary/aromatic N) is 2. The maximum atomic E-state index is 2.47. The van der Waals surface area contributed by atoms with Crippen molar-refractivity contribution < 1.29 is 0 Å². The first-order valence-corrected chi connectivity index (χ1v) is 14.0. The first kappa shape index (κ1) is 19.7. The van der Waals surface area contributed by atoms with Crippen molar-refractivity contribution in [1.29, 1.82) is 0 Å². The molecule has 7 aromatic carbocycles. The quantitative estimate of drug-likeness (QED) is 0.182. The van der Waals surface area contributed by atoms with E-state index in [1.54, 1.807) is 0 Å². The fourth-order valence-electron chi connectivity index (χ4n) is 7.99. The predicted molar refractivity (Wildman–Crippen MR) is 171 cm³/mol. The van der Waals surface area contributed by atoms with Gasteiger partial charge in [0.05, 0.1) is 33.1 Å². The zero-order valence-corrected chi connectivity index (χ0v) is 21.4. The Morgan fingerprint density at radius 3 is 1.62 bits per heavy atom. The minimum atomic E-state index is 1.28. The number of hydrogen-bond donors (Lipinski definition) is 0. The highest BCUT2D eigenvalue weighted by Gasteiger charge is 2.21. The van der Waals surface area contributed by atoms with Crippen molar-refractivity contribution in [3.8, 4) is 0 Å². The Kier molecular flexibility index (Phi) is 3.17. The molecule has 2 heteroatoms. The first-order chi connectivity index (χ1) is 19.9. The molecule has 0 aliphatic carbocycles. The Bertz CT molecular complexity index is 2820. The van der Waals surface area contributed by atoms with Gasteiger partial charge in [-0.25, -0.2) is 0 Å². The van der Waals surface area contributed by atoms with Gasteiger partial charge in [0.15, 0.2) is 0 Å². The fraction of sp³-hybridized carbons (Fsp3) is 0. The van der Waals surface area contributed by atoms with E-state index in [0.29, 0.717) is 0 Å². The van der Waals surface area contributed by atoms with Crippen LogP contribution in [-0.4, -0.2) is 8.80 Å². The van der Waals surface area contributed by atoms with Gasteiger partial charge >= 0.3 is 0 Å². The summed E-state index contributed by atoms with van der Waals surface area (Å²) in [5.41, 5.74) is 7.79. The van der Waals surface area contributed by atoms with Crippen molar-refractivity contribution in [2.45, 2.75) is 0 Å². The van der Waals surface area contributed by atoms with Crippen molar-refractivity contribution in [3.63, 3.8) is 0 Å². The van der Waals surface area contributed by atoms with Gasteiger partial charge in [-0.2, -0.15) is 0 Å². The summed E-state index contributed by atoms with van der Waals surface area (Å²) in [5, 5.41) is 15.9. The van der Waals surface area contributed by atoms with Gasteiger partial charge in [0.2, 0.25) is 0 Å². The number of benzene rings is 7. The second-order valence-corrected chi connectivity index (χ2v) is 11.3. The molecule has 0 N–H and O–H groups in total. The Labute approximate surface area is 227 Å². The fourth-order valence-corrected chi connectivity index (χ4v) is 7.99. The molecule has 0 bridgehead atoms. The van der Waals surface area contributed by atoms with E-state index in [-0.39, 0.29) is 0 Å². The highest BCUT2D eigenvalue weighted by Crippen LogP contribution is 2.44. The van der Waals surface area contributed by atoms with Crippen LogP contribution in [0.1, 0.15) is 0 Å². The molecule has 4 aromatic heterocycles. The zero-order chi connectivity index (χ0) is 25.7. The van der Waals surface area contributed by atoms with Crippen LogP contribution in [0, 0.1) is 0 Å². The van der Waals surface area contributed by atoms with Gasteiger partial charge in [0, 0.05) is 43.1 Å². The lowest BCUT2D eigenvalue weighted by molar-refractivity contribution is 1.37. The summed E-state index contributed by atoms with van der Waals surface area (Å²) in [4.78, 5) is 0. The Morgan fingerprint density at radius 1 is 0.300 bits per heavy atom. The highest BCUT2D eigenvalue weighted by molar-refractivity contribution is 6.32. The van der Waals surface area contributed by atoms with E-state index in [9.17, 15) is 0 Å². The molecule has 0 radical (unpaired) electrons. The van der Waals surface area contributed by atoms with Gasteiger partial charge in [-0.3, -0.25) is 0 Å². The molecule has 0 saturated carbocycles. The van der Waals surface area contributed by atoms with Crippen molar-refractivity contribution in [2.24, 2.45) is 0 Å². The van der Waals surface area contributed by atoms with Crippen LogP contribution in [0.25, 0.3) is 97.7 Å². The van der Waals surface area contributed by atoms with Crippen LogP contribution in [0.4, 0.5) is 0 Å². The van der Waals surface area contributed by atoms with E-state index in [0.717, 1.165) is 0 Å². The van der Waals surface area contributed by atoms with E-state index >= 15 is 0 Å². The van der Waals surface area contributed by atoms with E-state index in [2.05, 4.69) is 130 Å². The monoisotopic (exact) mass is 504 g/mol. The van der Waals surface area contributed by atoms with Crippen LogP contribution >= 0.6 is 0 Å². The third-order valence-electron chi connectivity index (χ3n) is 9.54. The average Bonchev–Trinajstić information content (AvgIpc) is 3.73. The maximum Gasteiger partial charge on any atom is 0.0620 e. The second-order valence-electron chi connectivity index (χ2n) is 11.3. The molecule has 0 aliphatic heterocycles. The topological polar surface area (TPSA) is 8.82 Å². The summed E-state index contributed by atoms with van der Waals surface area (Å²) in [5.74, 6) is 0. The van der Waals surface area contributed by atoms with Crippen LogP contribution < -0.4 is 0 Å². The largest absolute Gasteiger partial charge is 0.308 e. The van der Waals surface area contributed by atoms with E-state index in [1.807, 2.05) is 0 Å². The Hall–Kier alpha value is -5.34. The molecule has 0 spiro atoms. The molecule has 2 nitrogen and oxygen atoms in total. The first-order valence-electron chi connectivity index (χ1n) is 14.0. The predicted octanol–water partition coefficient (Wildman–Crippen LogP) is 10.3. The third-order valence-corrected chi connectivity index (χ3v) is 9.54. The van der Waals surface area contributed by atoms with Crippen molar-refractivity contribution in [3.05, 3.63) is 121 Å². The summed E-state index contributed by atoms with van der Waals surface area (Å²) in [6.45, 7) is 0. The van der Waals surface area contributed by atoms with Crippen LogP contribution in [0.2, 0.25) is 0 Å². The molecule has 0 atom stereocenters. The van der Waals surface area contributed by atoms with Crippen molar-refractivity contribution in [2.75, 3.05) is 0 Å². The number of fused-ring (bicyclic) bond motifs is 16. The van der Waals surface area contributed by atoms with Gasteiger partial charge in [-0.05, 0) is 51.9 Å². The summed E-state index contributed by atoms with van der Waals surface area (Å²) in [7, 11) is 0. The number of rotatable bonds is 0. The highest BCUT2D eigenvalue weighted by atomic mass is 14.9. The van der Waals surface area contributed by atoms with Crippen LogP contribution in [0.5, 0.6) is 0 Å². The summed E-state index contributed by atoms with van der Waals surface area (Å²) in [6.07, 6.45) is 0. The number of aromatic nitrogens is 2.